The molecule has 1 saturated carbocycles. The molecule has 13 heteroatoms. The molecule has 0 bridgehead atoms. The molecular weight excluding hydrogens is 481 g/mol. The van der Waals surface area contributed by atoms with Crippen molar-refractivity contribution in [2.75, 3.05) is 26.1 Å². The molecule has 0 atom stereocenters. The summed E-state index contributed by atoms with van der Waals surface area (Å²) in [4.78, 5) is 24.4. The van der Waals surface area contributed by atoms with E-state index in [1.54, 1.807) is 6.92 Å². The zero-order valence-corrected chi connectivity index (χ0v) is 19.8. The number of alkyl halides is 3. The number of carbonyl (C=O) groups excluding carboxylic acids is 2. The minimum absolute atomic E-state index is 0.132. The summed E-state index contributed by atoms with van der Waals surface area (Å²) in [5, 5.41) is 10.1. The molecule has 0 radical (unpaired) electrons. The lowest BCUT2D eigenvalue weighted by atomic mass is 10.1. The Labute approximate surface area is 197 Å². The van der Waals surface area contributed by atoms with E-state index in [-0.39, 0.29) is 21.5 Å². The first-order valence-corrected chi connectivity index (χ1v) is 11.3. The summed E-state index contributed by atoms with van der Waals surface area (Å²) >= 11 is 6.28. The molecule has 1 aliphatic carbocycles. The van der Waals surface area contributed by atoms with Crippen LogP contribution in [0.25, 0.3) is 0 Å². The van der Waals surface area contributed by atoms with E-state index in [1.807, 2.05) is 0 Å². The second-order valence-corrected chi connectivity index (χ2v) is 8.86. The van der Waals surface area contributed by atoms with Crippen LogP contribution >= 0.6 is 23.6 Å². The Morgan fingerprint density at radius 2 is 1.94 bits per heavy atom. The summed E-state index contributed by atoms with van der Waals surface area (Å²) < 4.78 is 50.0. The van der Waals surface area contributed by atoms with Gasteiger partial charge in [-0.05, 0) is 50.0 Å². The van der Waals surface area contributed by atoms with Crippen LogP contribution in [0.4, 0.5) is 18.2 Å². The van der Waals surface area contributed by atoms with Crippen LogP contribution in [0.5, 0.6) is 0 Å². The number of rotatable bonds is 8. The average molecular weight is 505 g/mol. The highest BCUT2D eigenvalue weighted by atomic mass is 32.1. The van der Waals surface area contributed by atoms with Crippen LogP contribution in [0.15, 0.2) is 6.07 Å². The van der Waals surface area contributed by atoms with Crippen LogP contribution in [0.3, 0.4) is 0 Å². The van der Waals surface area contributed by atoms with Gasteiger partial charge in [-0.25, -0.2) is 9.59 Å². The maximum Gasteiger partial charge on any atom is 0.435 e. The van der Waals surface area contributed by atoms with Crippen molar-refractivity contribution in [3.63, 3.8) is 0 Å². The molecule has 3 rings (SSSR count). The van der Waals surface area contributed by atoms with Crippen molar-refractivity contribution in [2.45, 2.75) is 44.8 Å². The monoisotopic (exact) mass is 504 g/mol. The Morgan fingerprint density at radius 3 is 2.52 bits per heavy atom. The second-order valence-electron chi connectivity index (χ2n) is 7.43. The molecule has 180 valence electrons. The number of nitrogens with one attached hydrogen (secondary N) is 2. The van der Waals surface area contributed by atoms with Crippen molar-refractivity contribution >= 4 is 45.6 Å². The average Bonchev–Trinajstić information content (AvgIpc) is 3.43. The Morgan fingerprint density at radius 1 is 1.27 bits per heavy atom. The molecular formula is C20H23F3N4O4S2. The van der Waals surface area contributed by atoms with Gasteiger partial charge in [0.15, 0.2) is 10.8 Å². The number of halogens is 3. The van der Waals surface area contributed by atoms with Crippen LogP contribution in [-0.2, 0) is 22.2 Å². The van der Waals surface area contributed by atoms with Gasteiger partial charge in [0.1, 0.15) is 9.88 Å². The lowest BCUT2D eigenvalue weighted by Gasteiger charge is -2.11. The predicted octanol–water partition coefficient (Wildman–Crippen LogP) is 4.10. The largest absolute Gasteiger partial charge is 0.465 e. The fourth-order valence-corrected chi connectivity index (χ4v) is 4.66. The summed E-state index contributed by atoms with van der Waals surface area (Å²) in [6.07, 6.45) is -2.27. The Bertz CT molecular complexity index is 1060. The maximum absolute atomic E-state index is 13.0. The van der Waals surface area contributed by atoms with Gasteiger partial charge < -0.3 is 20.1 Å². The van der Waals surface area contributed by atoms with Gasteiger partial charge >= 0.3 is 18.1 Å². The van der Waals surface area contributed by atoms with E-state index >= 15 is 0 Å². The van der Waals surface area contributed by atoms with Crippen molar-refractivity contribution < 1.29 is 32.2 Å². The van der Waals surface area contributed by atoms with Gasteiger partial charge in [-0.3, -0.25) is 4.68 Å². The van der Waals surface area contributed by atoms with Crippen LogP contribution < -0.4 is 10.6 Å². The fourth-order valence-electron chi connectivity index (χ4n) is 3.27. The van der Waals surface area contributed by atoms with Crippen LogP contribution in [-0.4, -0.2) is 47.6 Å². The zero-order valence-electron chi connectivity index (χ0n) is 18.2. The molecule has 33 heavy (non-hydrogen) atoms. The number of carbonyl (C=O) groups is 2. The molecule has 0 amide bonds. The zero-order chi connectivity index (χ0) is 24.3. The highest BCUT2D eigenvalue weighted by Gasteiger charge is 2.37. The SMILES string of the molecule is COC(=O)c1sc(NC(=S)NCCCn2nc(C(F)(F)F)cc2C2CC2)c(C(=O)OC)c1C. The number of thiophene rings is 1. The Hall–Kier alpha value is -2.67. The quantitative estimate of drug-likeness (QED) is 0.315. The number of hydrogen-bond donors (Lipinski definition) is 2. The first-order chi connectivity index (χ1) is 15.6. The number of nitrogens with zero attached hydrogens (tertiary/aromatic N) is 2. The smallest absolute Gasteiger partial charge is 0.435 e. The topological polar surface area (TPSA) is 94.5 Å². The van der Waals surface area contributed by atoms with E-state index in [0.29, 0.717) is 35.8 Å². The number of esters is 2. The number of ether oxygens (including phenoxy) is 2. The minimum Gasteiger partial charge on any atom is -0.465 e. The van der Waals surface area contributed by atoms with E-state index < -0.39 is 23.8 Å². The molecule has 0 saturated heterocycles. The van der Waals surface area contributed by atoms with Gasteiger partial charge in [-0.2, -0.15) is 18.3 Å². The van der Waals surface area contributed by atoms with Gasteiger partial charge in [0.2, 0.25) is 0 Å². The van der Waals surface area contributed by atoms with E-state index in [0.717, 1.165) is 30.2 Å². The van der Waals surface area contributed by atoms with Crippen LogP contribution in [0, 0.1) is 6.92 Å². The Kier molecular flexibility index (Phi) is 7.62. The molecule has 2 N–H and O–H groups in total. The highest BCUT2D eigenvalue weighted by Crippen LogP contribution is 2.42. The lowest BCUT2D eigenvalue weighted by molar-refractivity contribution is -0.141. The number of hydrogen-bond acceptors (Lipinski definition) is 7. The van der Waals surface area contributed by atoms with Gasteiger partial charge in [0.25, 0.3) is 0 Å². The lowest BCUT2D eigenvalue weighted by Crippen LogP contribution is -2.30. The van der Waals surface area contributed by atoms with E-state index in [2.05, 4.69) is 15.7 Å². The molecule has 2 aromatic heterocycles. The molecule has 0 aliphatic heterocycles. The van der Waals surface area contributed by atoms with E-state index in [1.165, 1.54) is 18.9 Å². The molecule has 0 spiro atoms. The van der Waals surface area contributed by atoms with E-state index in [9.17, 15) is 22.8 Å². The van der Waals surface area contributed by atoms with Gasteiger partial charge in [-0.15, -0.1) is 11.3 Å². The van der Waals surface area contributed by atoms with Crippen LogP contribution in [0.1, 0.15) is 62.2 Å². The number of thiocarbonyl (C=S) groups is 1. The third-order valence-corrected chi connectivity index (χ3v) is 6.50. The van der Waals surface area contributed by atoms with Crippen molar-refractivity contribution in [1.82, 2.24) is 15.1 Å². The minimum atomic E-state index is -4.47. The fraction of sp³-hybridized carbons (Fsp3) is 0.500. The molecule has 8 nitrogen and oxygen atoms in total. The van der Waals surface area contributed by atoms with Crippen molar-refractivity contribution in [1.29, 1.82) is 0 Å². The van der Waals surface area contributed by atoms with Crippen molar-refractivity contribution in [2.24, 2.45) is 0 Å². The molecule has 2 aromatic rings. The van der Waals surface area contributed by atoms with Gasteiger partial charge in [0.05, 0.1) is 19.8 Å². The molecule has 1 aliphatic rings. The number of methoxy groups -OCH3 is 2. The summed E-state index contributed by atoms with van der Waals surface area (Å²) in [5.74, 6) is -1.08. The normalized spacial score (nSPS) is 13.5. The first kappa shape index (κ1) is 25.0. The summed E-state index contributed by atoms with van der Waals surface area (Å²) in [6, 6.07) is 1.13. The summed E-state index contributed by atoms with van der Waals surface area (Å²) in [7, 11) is 2.47. The number of anilines is 1. The number of aryl methyl sites for hydroxylation is 1. The number of aromatic nitrogens is 2. The standard InChI is InChI=1S/C20H23F3N4O4S2/c1-10-14(17(28)30-2)16(33-15(10)18(29)31-3)25-19(32)24-7-4-8-27-12(11-5-6-11)9-13(26-27)20(21,22)23/h9,11H,4-8H2,1-3H3,(H2,24,25,32). The summed E-state index contributed by atoms with van der Waals surface area (Å²) in [5.41, 5.74) is 0.322. The van der Waals surface area contributed by atoms with E-state index in [4.69, 9.17) is 21.7 Å². The molecule has 2 heterocycles. The maximum atomic E-state index is 13.0. The third kappa shape index (κ3) is 5.82. The molecule has 0 aromatic carbocycles. The van der Waals surface area contributed by atoms with Crippen LogP contribution in [0.2, 0.25) is 0 Å². The Balaban J connectivity index is 1.60. The molecule has 1 fully saturated rings. The highest BCUT2D eigenvalue weighted by molar-refractivity contribution is 7.80. The van der Waals surface area contributed by atoms with Gasteiger partial charge in [0, 0.05) is 24.7 Å². The third-order valence-electron chi connectivity index (χ3n) is 5.06. The first-order valence-electron chi connectivity index (χ1n) is 10.1. The molecule has 0 unspecified atom stereocenters. The van der Waals surface area contributed by atoms with Crippen molar-refractivity contribution in [3.05, 3.63) is 33.5 Å². The second kappa shape index (κ2) is 10.1. The van der Waals surface area contributed by atoms with Crippen molar-refractivity contribution in [3.8, 4) is 0 Å². The van der Waals surface area contributed by atoms with Gasteiger partial charge in [-0.1, -0.05) is 0 Å². The summed E-state index contributed by atoms with van der Waals surface area (Å²) in [6.45, 7) is 2.27. The predicted molar refractivity (Wildman–Crippen MR) is 120 cm³/mol.